The summed E-state index contributed by atoms with van der Waals surface area (Å²) in [6.45, 7) is 9.00. The highest BCUT2D eigenvalue weighted by atomic mass is 16.6. The molecular weight excluding hydrogens is 538 g/mol. The van der Waals surface area contributed by atoms with E-state index in [2.05, 4.69) is 16.0 Å². The van der Waals surface area contributed by atoms with E-state index < -0.39 is 53.7 Å². The molecule has 2 aromatic carbocycles. The first-order chi connectivity index (χ1) is 19.8. The molecule has 0 bridgehead atoms. The summed E-state index contributed by atoms with van der Waals surface area (Å²) in [6, 6.07) is 15.7. The van der Waals surface area contributed by atoms with Crippen molar-refractivity contribution in [3.05, 3.63) is 71.8 Å². The number of alkyl carbamates (subject to hydrolysis) is 1. The van der Waals surface area contributed by atoms with E-state index in [0.717, 1.165) is 11.1 Å². The second kappa shape index (κ2) is 16.5. The maximum Gasteiger partial charge on any atom is 0.407 e. The standard InChI is InChI=1S/C32H45N3O7/c1-21(2)17-25(29(38)34-26(30(39)41-6)19-23-15-11-8-12-16-23)33-28(37)20-27(36)24(18-22-13-9-7-10-14-22)35-31(40)42-32(3,4)5/h7-16,21,24-27,36H,17-20H2,1-6H3,(H,33,37)(H,34,38)(H,35,40)/t24-,25-,26-,27-/m0/s1. The highest BCUT2D eigenvalue weighted by Gasteiger charge is 2.31. The maximum absolute atomic E-state index is 13.3. The van der Waals surface area contributed by atoms with Crippen LogP contribution >= 0.6 is 0 Å². The van der Waals surface area contributed by atoms with Crippen molar-refractivity contribution in [3.8, 4) is 0 Å². The summed E-state index contributed by atoms with van der Waals surface area (Å²) in [5.74, 6) is -1.68. The molecule has 10 nitrogen and oxygen atoms in total. The molecule has 42 heavy (non-hydrogen) atoms. The number of amides is 3. The number of hydrogen-bond donors (Lipinski definition) is 4. The Balaban J connectivity index is 2.13. The second-order valence-electron chi connectivity index (χ2n) is 11.7. The molecule has 0 saturated heterocycles. The topological polar surface area (TPSA) is 143 Å². The van der Waals surface area contributed by atoms with E-state index >= 15 is 0 Å². The van der Waals surface area contributed by atoms with Crippen molar-refractivity contribution in [2.75, 3.05) is 7.11 Å². The molecule has 230 valence electrons. The molecule has 4 N–H and O–H groups in total. The fourth-order valence-electron chi connectivity index (χ4n) is 4.36. The molecule has 10 heteroatoms. The van der Waals surface area contributed by atoms with Gasteiger partial charge in [-0.25, -0.2) is 9.59 Å². The first-order valence-electron chi connectivity index (χ1n) is 14.2. The molecule has 0 fully saturated rings. The van der Waals surface area contributed by atoms with E-state index in [0.29, 0.717) is 6.42 Å². The van der Waals surface area contributed by atoms with Gasteiger partial charge in [0, 0.05) is 6.42 Å². The number of nitrogens with one attached hydrogen (secondary N) is 3. The molecule has 0 aliphatic rings. The number of benzene rings is 2. The Labute approximate surface area is 248 Å². The van der Waals surface area contributed by atoms with Crippen molar-refractivity contribution >= 4 is 23.9 Å². The zero-order chi connectivity index (χ0) is 31.3. The lowest BCUT2D eigenvalue weighted by Gasteiger charge is -2.27. The predicted molar refractivity (Wildman–Crippen MR) is 159 cm³/mol. The number of aliphatic hydroxyl groups excluding tert-OH is 1. The molecule has 4 atom stereocenters. The van der Waals surface area contributed by atoms with Crippen LogP contribution in [0.25, 0.3) is 0 Å². The van der Waals surface area contributed by atoms with Gasteiger partial charge < -0.3 is 30.5 Å². The number of esters is 1. The van der Waals surface area contributed by atoms with Gasteiger partial charge in [-0.05, 0) is 50.7 Å². The third-order valence-electron chi connectivity index (χ3n) is 6.30. The zero-order valence-electron chi connectivity index (χ0n) is 25.4. The van der Waals surface area contributed by atoms with E-state index in [4.69, 9.17) is 9.47 Å². The number of carbonyl (C=O) groups is 4. The van der Waals surface area contributed by atoms with Crippen LogP contribution in [0.5, 0.6) is 0 Å². The lowest BCUT2D eigenvalue weighted by molar-refractivity contribution is -0.145. The molecule has 0 radical (unpaired) electrons. The molecule has 2 aromatic rings. The Morgan fingerprint density at radius 3 is 1.86 bits per heavy atom. The van der Waals surface area contributed by atoms with Crippen LogP contribution < -0.4 is 16.0 Å². The fraction of sp³-hybridized carbons (Fsp3) is 0.500. The molecule has 0 aliphatic heterocycles. The molecule has 3 amide bonds. The van der Waals surface area contributed by atoms with Gasteiger partial charge >= 0.3 is 12.1 Å². The predicted octanol–water partition coefficient (Wildman–Crippen LogP) is 3.30. The molecule has 0 aromatic heterocycles. The monoisotopic (exact) mass is 583 g/mol. The number of ether oxygens (including phenoxy) is 2. The summed E-state index contributed by atoms with van der Waals surface area (Å²) in [4.78, 5) is 51.4. The van der Waals surface area contributed by atoms with Gasteiger partial charge in [-0.3, -0.25) is 9.59 Å². The number of hydrogen-bond acceptors (Lipinski definition) is 7. The van der Waals surface area contributed by atoms with E-state index in [1.807, 2.05) is 74.5 Å². The molecule has 0 saturated carbocycles. The Hall–Kier alpha value is -3.92. The Morgan fingerprint density at radius 2 is 1.36 bits per heavy atom. The van der Waals surface area contributed by atoms with Gasteiger partial charge in [-0.1, -0.05) is 74.5 Å². The Morgan fingerprint density at radius 1 is 0.810 bits per heavy atom. The summed E-state index contributed by atoms with van der Waals surface area (Å²) in [6.07, 6.45) is -1.59. The number of aliphatic hydroxyl groups is 1. The lowest BCUT2D eigenvalue weighted by Crippen LogP contribution is -2.54. The third kappa shape index (κ3) is 12.7. The van der Waals surface area contributed by atoms with Crippen LogP contribution in [0.3, 0.4) is 0 Å². The van der Waals surface area contributed by atoms with Crippen molar-refractivity contribution < 1.29 is 33.8 Å². The number of carbonyl (C=O) groups excluding carboxylic acids is 4. The summed E-state index contributed by atoms with van der Waals surface area (Å²) in [5, 5.41) is 19.2. The number of rotatable bonds is 14. The van der Waals surface area contributed by atoms with Crippen LogP contribution in [0.1, 0.15) is 58.6 Å². The summed E-state index contributed by atoms with van der Waals surface area (Å²) >= 11 is 0. The van der Waals surface area contributed by atoms with Crippen molar-refractivity contribution in [3.63, 3.8) is 0 Å². The summed E-state index contributed by atoms with van der Waals surface area (Å²) < 4.78 is 10.3. The molecule has 0 heterocycles. The zero-order valence-corrected chi connectivity index (χ0v) is 25.4. The van der Waals surface area contributed by atoms with Crippen LogP contribution in [-0.2, 0) is 36.7 Å². The third-order valence-corrected chi connectivity index (χ3v) is 6.30. The molecule has 2 rings (SSSR count). The van der Waals surface area contributed by atoms with Crippen molar-refractivity contribution in [1.82, 2.24) is 16.0 Å². The van der Waals surface area contributed by atoms with Crippen LogP contribution in [0.4, 0.5) is 4.79 Å². The molecule has 0 spiro atoms. The SMILES string of the molecule is COC(=O)[C@H](Cc1ccccc1)NC(=O)[C@H](CC(C)C)NC(=O)C[C@H](O)[C@H](Cc1ccccc1)NC(=O)OC(C)(C)C. The smallest absolute Gasteiger partial charge is 0.407 e. The Kier molecular flexibility index (Phi) is 13.5. The minimum absolute atomic E-state index is 0.0383. The van der Waals surface area contributed by atoms with Gasteiger partial charge in [0.15, 0.2) is 0 Å². The average Bonchev–Trinajstić information content (AvgIpc) is 2.91. The van der Waals surface area contributed by atoms with E-state index in [-0.39, 0.29) is 25.2 Å². The molecule has 0 aliphatic carbocycles. The van der Waals surface area contributed by atoms with Gasteiger partial charge in [0.2, 0.25) is 11.8 Å². The molecule has 0 unspecified atom stereocenters. The highest BCUT2D eigenvalue weighted by Crippen LogP contribution is 2.13. The van der Waals surface area contributed by atoms with Crippen LogP contribution in [0, 0.1) is 5.92 Å². The lowest BCUT2D eigenvalue weighted by atomic mass is 9.98. The van der Waals surface area contributed by atoms with Gasteiger partial charge in [0.1, 0.15) is 17.7 Å². The van der Waals surface area contributed by atoms with Gasteiger partial charge in [-0.2, -0.15) is 0 Å². The van der Waals surface area contributed by atoms with Crippen molar-refractivity contribution in [1.29, 1.82) is 0 Å². The second-order valence-corrected chi connectivity index (χ2v) is 11.7. The van der Waals surface area contributed by atoms with E-state index in [1.165, 1.54) is 7.11 Å². The Bertz CT molecular complexity index is 1150. The average molecular weight is 584 g/mol. The minimum Gasteiger partial charge on any atom is -0.467 e. The quantitative estimate of drug-likeness (QED) is 0.250. The van der Waals surface area contributed by atoms with E-state index in [1.54, 1.807) is 20.8 Å². The van der Waals surface area contributed by atoms with Crippen LogP contribution in [0.2, 0.25) is 0 Å². The summed E-state index contributed by atoms with van der Waals surface area (Å²) in [7, 11) is 1.25. The van der Waals surface area contributed by atoms with Crippen LogP contribution in [0.15, 0.2) is 60.7 Å². The number of methoxy groups -OCH3 is 1. The fourth-order valence-corrected chi connectivity index (χ4v) is 4.36. The van der Waals surface area contributed by atoms with Gasteiger partial charge in [-0.15, -0.1) is 0 Å². The maximum atomic E-state index is 13.3. The summed E-state index contributed by atoms with van der Waals surface area (Å²) in [5.41, 5.74) is 0.939. The highest BCUT2D eigenvalue weighted by molar-refractivity contribution is 5.91. The normalized spacial score (nSPS) is 14.2. The molecular formula is C32H45N3O7. The minimum atomic E-state index is -1.28. The van der Waals surface area contributed by atoms with E-state index in [9.17, 15) is 24.3 Å². The van der Waals surface area contributed by atoms with Gasteiger partial charge in [0.25, 0.3) is 0 Å². The van der Waals surface area contributed by atoms with Crippen LogP contribution in [-0.4, -0.2) is 65.9 Å². The van der Waals surface area contributed by atoms with Crippen molar-refractivity contribution in [2.45, 2.75) is 90.1 Å². The van der Waals surface area contributed by atoms with Gasteiger partial charge in [0.05, 0.1) is 25.7 Å². The first kappa shape index (κ1) is 34.3. The first-order valence-corrected chi connectivity index (χ1v) is 14.2. The van der Waals surface area contributed by atoms with Crippen molar-refractivity contribution in [2.24, 2.45) is 5.92 Å². The largest absolute Gasteiger partial charge is 0.467 e.